The largest absolute Gasteiger partial charge is 0.370 e. The van der Waals surface area contributed by atoms with Crippen molar-refractivity contribution in [2.24, 2.45) is 0 Å². The first kappa shape index (κ1) is 15.5. The van der Waals surface area contributed by atoms with Crippen molar-refractivity contribution in [3.63, 3.8) is 0 Å². The molecule has 0 amide bonds. The SMILES string of the molecule is CCCc1nccn1-c1cc(NCC)nc(C(C)(C)C)n1. The van der Waals surface area contributed by atoms with Crippen LogP contribution >= 0.6 is 0 Å². The summed E-state index contributed by atoms with van der Waals surface area (Å²) in [5.74, 6) is 3.63. The summed E-state index contributed by atoms with van der Waals surface area (Å²) >= 11 is 0. The third kappa shape index (κ3) is 3.60. The van der Waals surface area contributed by atoms with Gasteiger partial charge in [0, 0.05) is 36.8 Å². The third-order valence-corrected chi connectivity index (χ3v) is 3.18. The average Bonchev–Trinajstić information content (AvgIpc) is 2.86. The molecule has 0 atom stereocenters. The Bertz CT molecular complexity index is 595. The fourth-order valence-corrected chi connectivity index (χ4v) is 2.12. The first-order valence-electron chi connectivity index (χ1n) is 7.61. The molecule has 2 aromatic rings. The lowest BCUT2D eigenvalue weighted by molar-refractivity contribution is 0.543. The van der Waals surface area contributed by atoms with Gasteiger partial charge >= 0.3 is 0 Å². The van der Waals surface area contributed by atoms with Crippen molar-refractivity contribution in [2.75, 3.05) is 11.9 Å². The van der Waals surface area contributed by atoms with Crippen molar-refractivity contribution >= 4 is 5.82 Å². The molecule has 2 heterocycles. The van der Waals surface area contributed by atoms with E-state index in [4.69, 9.17) is 4.98 Å². The van der Waals surface area contributed by atoms with E-state index in [-0.39, 0.29) is 5.41 Å². The number of nitrogens with one attached hydrogen (secondary N) is 1. The van der Waals surface area contributed by atoms with E-state index in [0.29, 0.717) is 0 Å². The molecule has 0 bridgehead atoms. The fraction of sp³-hybridized carbons (Fsp3) is 0.562. The summed E-state index contributed by atoms with van der Waals surface area (Å²) in [4.78, 5) is 13.8. The predicted molar refractivity (Wildman–Crippen MR) is 86.0 cm³/mol. The van der Waals surface area contributed by atoms with E-state index in [1.807, 2.05) is 18.5 Å². The lowest BCUT2D eigenvalue weighted by Crippen LogP contribution is -2.19. The Kier molecular flexibility index (Phi) is 4.60. The van der Waals surface area contributed by atoms with Gasteiger partial charge in [-0.05, 0) is 13.3 Å². The van der Waals surface area contributed by atoms with Crippen LogP contribution in [0.25, 0.3) is 5.82 Å². The molecule has 0 aliphatic rings. The van der Waals surface area contributed by atoms with Crippen molar-refractivity contribution in [3.05, 3.63) is 30.1 Å². The Balaban J connectivity index is 2.51. The first-order valence-corrected chi connectivity index (χ1v) is 7.61. The van der Waals surface area contributed by atoms with Gasteiger partial charge in [-0.2, -0.15) is 0 Å². The van der Waals surface area contributed by atoms with Gasteiger partial charge in [-0.15, -0.1) is 0 Å². The lowest BCUT2D eigenvalue weighted by atomic mass is 9.96. The number of aromatic nitrogens is 4. The van der Waals surface area contributed by atoms with E-state index in [0.717, 1.165) is 42.7 Å². The molecule has 0 aromatic carbocycles. The molecule has 0 spiro atoms. The third-order valence-electron chi connectivity index (χ3n) is 3.18. The van der Waals surface area contributed by atoms with Crippen LogP contribution in [0.5, 0.6) is 0 Å². The second-order valence-corrected chi connectivity index (χ2v) is 6.18. The first-order chi connectivity index (χ1) is 9.95. The van der Waals surface area contributed by atoms with Crippen molar-refractivity contribution in [2.45, 2.75) is 52.9 Å². The lowest BCUT2D eigenvalue weighted by Gasteiger charge is -2.19. The van der Waals surface area contributed by atoms with Crippen LogP contribution in [0.1, 0.15) is 52.7 Å². The van der Waals surface area contributed by atoms with Gasteiger partial charge in [-0.3, -0.25) is 4.57 Å². The highest BCUT2D eigenvalue weighted by molar-refractivity contribution is 5.43. The Morgan fingerprint density at radius 2 is 1.95 bits per heavy atom. The summed E-state index contributed by atoms with van der Waals surface area (Å²) in [6.07, 6.45) is 5.80. The van der Waals surface area contributed by atoms with Crippen LogP contribution in [0.4, 0.5) is 5.82 Å². The van der Waals surface area contributed by atoms with Gasteiger partial charge in [0.25, 0.3) is 0 Å². The van der Waals surface area contributed by atoms with Gasteiger partial charge in [0.1, 0.15) is 23.3 Å². The molecule has 114 valence electrons. The highest BCUT2D eigenvalue weighted by Gasteiger charge is 2.20. The van der Waals surface area contributed by atoms with Crippen LogP contribution in [0.15, 0.2) is 18.5 Å². The van der Waals surface area contributed by atoms with Gasteiger partial charge in [0.2, 0.25) is 0 Å². The molecule has 0 unspecified atom stereocenters. The molecule has 2 rings (SSSR count). The summed E-state index contributed by atoms with van der Waals surface area (Å²) in [6.45, 7) is 11.4. The molecular weight excluding hydrogens is 262 g/mol. The van der Waals surface area contributed by atoms with Crippen LogP contribution in [-0.4, -0.2) is 26.1 Å². The fourth-order valence-electron chi connectivity index (χ4n) is 2.12. The molecule has 5 heteroatoms. The summed E-state index contributed by atoms with van der Waals surface area (Å²) in [5.41, 5.74) is -0.0916. The maximum atomic E-state index is 4.74. The predicted octanol–water partition coefficient (Wildman–Crippen LogP) is 3.34. The number of hydrogen-bond acceptors (Lipinski definition) is 4. The van der Waals surface area contributed by atoms with E-state index < -0.39 is 0 Å². The zero-order valence-electron chi connectivity index (χ0n) is 13.6. The van der Waals surface area contributed by atoms with E-state index in [1.165, 1.54) is 0 Å². The molecule has 2 aromatic heterocycles. The molecule has 0 radical (unpaired) electrons. The number of imidazole rings is 1. The second-order valence-electron chi connectivity index (χ2n) is 6.18. The van der Waals surface area contributed by atoms with Crippen molar-refractivity contribution in [1.82, 2.24) is 19.5 Å². The van der Waals surface area contributed by atoms with Crippen molar-refractivity contribution in [1.29, 1.82) is 0 Å². The molecule has 0 saturated carbocycles. The normalized spacial score (nSPS) is 11.7. The minimum absolute atomic E-state index is 0.0916. The quantitative estimate of drug-likeness (QED) is 0.916. The van der Waals surface area contributed by atoms with Gasteiger partial charge in [0.15, 0.2) is 0 Å². The Labute approximate surface area is 126 Å². The standard InChI is InChI=1S/C16H25N5/c1-6-8-13-18-9-10-21(13)14-11-12(17-7-2)19-15(20-14)16(3,4)5/h9-11H,6-8H2,1-5H3,(H,17,19,20). The minimum Gasteiger partial charge on any atom is -0.370 e. The summed E-state index contributed by atoms with van der Waals surface area (Å²) in [7, 11) is 0. The van der Waals surface area contributed by atoms with Gasteiger partial charge < -0.3 is 5.32 Å². The van der Waals surface area contributed by atoms with Crippen LogP contribution in [-0.2, 0) is 11.8 Å². The summed E-state index contributed by atoms with van der Waals surface area (Å²) in [5, 5.41) is 3.29. The average molecular weight is 287 g/mol. The minimum atomic E-state index is -0.0916. The highest BCUT2D eigenvalue weighted by atomic mass is 15.2. The molecule has 0 aliphatic carbocycles. The van der Waals surface area contributed by atoms with E-state index in [2.05, 4.69) is 54.5 Å². The Morgan fingerprint density at radius 3 is 2.57 bits per heavy atom. The molecule has 21 heavy (non-hydrogen) atoms. The van der Waals surface area contributed by atoms with Crippen molar-refractivity contribution in [3.8, 4) is 5.82 Å². The molecular formula is C16H25N5. The maximum absolute atomic E-state index is 4.74. The number of aryl methyl sites for hydroxylation is 1. The number of hydrogen-bond donors (Lipinski definition) is 1. The topological polar surface area (TPSA) is 55.6 Å². The van der Waals surface area contributed by atoms with Gasteiger partial charge in [-0.1, -0.05) is 27.7 Å². The van der Waals surface area contributed by atoms with Crippen LogP contribution < -0.4 is 5.32 Å². The van der Waals surface area contributed by atoms with Gasteiger partial charge in [-0.25, -0.2) is 15.0 Å². The smallest absolute Gasteiger partial charge is 0.143 e. The molecule has 5 nitrogen and oxygen atoms in total. The zero-order chi connectivity index (χ0) is 15.5. The molecule has 1 N–H and O–H groups in total. The monoisotopic (exact) mass is 287 g/mol. The van der Waals surface area contributed by atoms with Crippen LogP contribution in [0, 0.1) is 0 Å². The summed E-state index contributed by atoms with van der Waals surface area (Å²) < 4.78 is 2.06. The van der Waals surface area contributed by atoms with Gasteiger partial charge in [0.05, 0.1) is 0 Å². The Morgan fingerprint density at radius 1 is 1.19 bits per heavy atom. The molecule has 0 aliphatic heterocycles. The number of rotatable bonds is 5. The van der Waals surface area contributed by atoms with E-state index in [9.17, 15) is 0 Å². The summed E-state index contributed by atoms with van der Waals surface area (Å²) in [6, 6.07) is 1.99. The van der Waals surface area contributed by atoms with E-state index in [1.54, 1.807) is 0 Å². The Hall–Kier alpha value is -1.91. The molecule has 0 saturated heterocycles. The van der Waals surface area contributed by atoms with Crippen LogP contribution in [0.3, 0.4) is 0 Å². The number of nitrogens with zero attached hydrogens (tertiary/aromatic N) is 4. The maximum Gasteiger partial charge on any atom is 0.143 e. The molecule has 0 fully saturated rings. The van der Waals surface area contributed by atoms with Crippen molar-refractivity contribution < 1.29 is 0 Å². The van der Waals surface area contributed by atoms with Crippen LogP contribution in [0.2, 0.25) is 0 Å². The second kappa shape index (κ2) is 6.24. The number of anilines is 1. The van der Waals surface area contributed by atoms with E-state index >= 15 is 0 Å². The zero-order valence-corrected chi connectivity index (χ0v) is 13.6. The highest BCUT2D eigenvalue weighted by Crippen LogP contribution is 2.22.